The average Bonchev–Trinajstić information content (AvgIpc) is 3.52. The largest absolute Gasteiger partial charge is 0.310 e. The van der Waals surface area contributed by atoms with E-state index in [-0.39, 0.29) is 0 Å². The van der Waals surface area contributed by atoms with Gasteiger partial charge < -0.3 is 4.90 Å². The van der Waals surface area contributed by atoms with Gasteiger partial charge in [-0.15, -0.1) is 0 Å². The zero-order valence-electron chi connectivity index (χ0n) is 28.5. The van der Waals surface area contributed by atoms with Crippen LogP contribution >= 0.6 is 0 Å². The van der Waals surface area contributed by atoms with Gasteiger partial charge in [-0.2, -0.15) is 0 Å². The van der Waals surface area contributed by atoms with Crippen LogP contribution in [0, 0.1) is 0 Å². The van der Waals surface area contributed by atoms with E-state index in [0.717, 1.165) is 0 Å². The number of hydrogen-bond acceptors (Lipinski definition) is 1. The zero-order chi connectivity index (χ0) is 33.3. The van der Waals surface area contributed by atoms with E-state index < -0.39 is 16.1 Å². The Labute approximate surface area is 292 Å². The molecule has 0 radical (unpaired) electrons. The van der Waals surface area contributed by atoms with Crippen LogP contribution in [0.1, 0.15) is 0 Å². The highest BCUT2D eigenvalue weighted by Gasteiger charge is 2.41. The molecule has 9 rings (SSSR count). The molecule has 0 fully saturated rings. The van der Waals surface area contributed by atoms with Crippen LogP contribution in [0.2, 0.25) is 26.2 Å². The molecule has 2 aliphatic heterocycles. The number of anilines is 3. The summed E-state index contributed by atoms with van der Waals surface area (Å²) in [7, 11) is -3.81. The first kappa shape index (κ1) is 29.9. The average molecular weight is 662 g/mol. The number of fused-ring (bicyclic) bond motifs is 6. The molecular formula is C46H39NSi2. The molecule has 0 unspecified atom stereocenters. The standard InChI is InChI=1S/C46H39NSi2/c1-48(2)42-20-12-11-18-39(42)46-41(19-13-21-44(46)48)47(36-25-22-34(23-26-36)32-14-7-5-8-15-32)37-27-28-38-40-30-35(33-16-9-6-10-17-33)24-29-43(40)49(3,4)45(38)31-37/h5-31H,1-4H3. The summed E-state index contributed by atoms with van der Waals surface area (Å²) in [4.78, 5) is 2.53. The Bertz CT molecular complexity index is 2370. The van der Waals surface area contributed by atoms with E-state index >= 15 is 0 Å². The lowest BCUT2D eigenvalue weighted by Gasteiger charge is -2.30. The van der Waals surface area contributed by atoms with Crippen molar-refractivity contribution in [2.45, 2.75) is 26.2 Å². The van der Waals surface area contributed by atoms with E-state index in [9.17, 15) is 0 Å². The van der Waals surface area contributed by atoms with Gasteiger partial charge in [0.25, 0.3) is 0 Å². The van der Waals surface area contributed by atoms with Crippen LogP contribution < -0.4 is 25.6 Å². The highest BCUT2D eigenvalue weighted by molar-refractivity contribution is 7.04. The maximum Gasteiger partial charge on any atom is 0.113 e. The third-order valence-electron chi connectivity index (χ3n) is 11.1. The molecule has 0 aliphatic carbocycles. The molecule has 0 N–H and O–H groups in total. The molecule has 0 aromatic heterocycles. The SMILES string of the molecule is C[Si]1(C)c2ccc(-c3ccccc3)cc2-c2ccc(N(c3ccc(-c4ccccc4)cc3)c3cccc4c3-c3ccccc3[Si]4(C)C)cc21. The first-order valence-electron chi connectivity index (χ1n) is 17.4. The maximum atomic E-state index is 2.53. The Hall–Kier alpha value is -5.23. The molecule has 2 heterocycles. The minimum atomic E-state index is -1.96. The van der Waals surface area contributed by atoms with Crippen LogP contribution in [0.5, 0.6) is 0 Å². The fourth-order valence-electron chi connectivity index (χ4n) is 8.47. The van der Waals surface area contributed by atoms with Crippen LogP contribution in [-0.2, 0) is 0 Å². The quantitative estimate of drug-likeness (QED) is 0.166. The van der Waals surface area contributed by atoms with Crippen LogP contribution in [-0.4, -0.2) is 16.1 Å². The molecule has 0 atom stereocenters. The van der Waals surface area contributed by atoms with E-state index in [1.807, 2.05) is 0 Å². The molecule has 0 amide bonds. The first-order chi connectivity index (χ1) is 23.8. The van der Waals surface area contributed by atoms with Crippen LogP contribution in [0.3, 0.4) is 0 Å². The highest BCUT2D eigenvalue weighted by atomic mass is 28.3. The Balaban J connectivity index is 1.23. The summed E-state index contributed by atoms with van der Waals surface area (Å²) in [6, 6.07) is 61.2. The van der Waals surface area contributed by atoms with Crippen molar-refractivity contribution in [3.05, 3.63) is 164 Å². The van der Waals surface area contributed by atoms with Crippen molar-refractivity contribution in [3.8, 4) is 44.5 Å². The Kier molecular flexibility index (Phi) is 6.81. The van der Waals surface area contributed by atoms with Crippen molar-refractivity contribution in [1.29, 1.82) is 0 Å². The van der Waals surface area contributed by atoms with Gasteiger partial charge in [0.05, 0.1) is 5.69 Å². The molecule has 7 aromatic carbocycles. The van der Waals surface area contributed by atoms with Gasteiger partial charge in [-0.05, 0) is 96.1 Å². The lowest BCUT2D eigenvalue weighted by Crippen LogP contribution is -2.49. The van der Waals surface area contributed by atoms with Crippen molar-refractivity contribution in [2.24, 2.45) is 0 Å². The van der Waals surface area contributed by atoms with Gasteiger partial charge in [0.1, 0.15) is 16.1 Å². The van der Waals surface area contributed by atoms with Gasteiger partial charge in [0, 0.05) is 16.9 Å². The topological polar surface area (TPSA) is 3.24 Å². The van der Waals surface area contributed by atoms with Gasteiger partial charge >= 0.3 is 0 Å². The minimum Gasteiger partial charge on any atom is -0.310 e. The predicted octanol–water partition coefficient (Wildman–Crippen LogP) is 10.1. The fraction of sp³-hybridized carbons (Fsp3) is 0.0870. The summed E-state index contributed by atoms with van der Waals surface area (Å²) in [5.41, 5.74) is 14.3. The summed E-state index contributed by atoms with van der Waals surface area (Å²) in [6.45, 7) is 10.1. The second-order valence-electron chi connectivity index (χ2n) is 14.6. The smallest absolute Gasteiger partial charge is 0.113 e. The van der Waals surface area contributed by atoms with Crippen molar-refractivity contribution in [2.75, 3.05) is 4.90 Å². The summed E-state index contributed by atoms with van der Waals surface area (Å²) in [5, 5.41) is 6.09. The second kappa shape index (κ2) is 11.2. The summed E-state index contributed by atoms with van der Waals surface area (Å²) in [5.74, 6) is 0. The summed E-state index contributed by atoms with van der Waals surface area (Å²) >= 11 is 0. The molecule has 0 saturated heterocycles. The van der Waals surface area contributed by atoms with E-state index in [1.54, 1.807) is 0 Å². The molecule has 0 bridgehead atoms. The summed E-state index contributed by atoms with van der Waals surface area (Å²) < 4.78 is 0. The van der Waals surface area contributed by atoms with E-state index in [1.165, 1.54) is 82.3 Å². The van der Waals surface area contributed by atoms with Gasteiger partial charge in [-0.3, -0.25) is 0 Å². The Morgan fingerprint density at radius 2 is 0.898 bits per heavy atom. The molecule has 3 heteroatoms. The van der Waals surface area contributed by atoms with Crippen molar-refractivity contribution >= 4 is 54.0 Å². The lowest BCUT2D eigenvalue weighted by atomic mass is 9.98. The third kappa shape index (κ3) is 4.64. The molecule has 0 saturated carbocycles. The molecular weight excluding hydrogens is 623 g/mol. The molecule has 0 spiro atoms. The Morgan fingerprint density at radius 1 is 0.347 bits per heavy atom. The van der Waals surface area contributed by atoms with E-state index in [0.29, 0.717) is 0 Å². The van der Waals surface area contributed by atoms with Crippen molar-refractivity contribution in [1.82, 2.24) is 0 Å². The molecule has 236 valence electrons. The highest BCUT2D eigenvalue weighted by Crippen LogP contribution is 2.44. The monoisotopic (exact) mass is 661 g/mol. The number of hydrogen-bond donors (Lipinski definition) is 0. The number of benzene rings is 7. The molecule has 2 aliphatic rings. The second-order valence-corrected chi connectivity index (χ2v) is 23.3. The van der Waals surface area contributed by atoms with Gasteiger partial charge in [-0.1, -0.05) is 154 Å². The molecule has 49 heavy (non-hydrogen) atoms. The number of nitrogens with zero attached hydrogens (tertiary/aromatic N) is 1. The fourth-order valence-corrected chi connectivity index (χ4v) is 14.6. The van der Waals surface area contributed by atoms with Gasteiger partial charge in [0.15, 0.2) is 0 Å². The van der Waals surface area contributed by atoms with Gasteiger partial charge in [-0.25, -0.2) is 0 Å². The zero-order valence-corrected chi connectivity index (χ0v) is 30.5. The van der Waals surface area contributed by atoms with Crippen LogP contribution in [0.4, 0.5) is 17.1 Å². The van der Waals surface area contributed by atoms with Crippen molar-refractivity contribution in [3.63, 3.8) is 0 Å². The normalized spacial score (nSPS) is 14.4. The summed E-state index contributed by atoms with van der Waals surface area (Å²) in [6.07, 6.45) is 0. The lowest BCUT2D eigenvalue weighted by molar-refractivity contribution is 1.29. The molecule has 1 nitrogen and oxygen atoms in total. The third-order valence-corrected chi connectivity index (χ3v) is 18.2. The van der Waals surface area contributed by atoms with Crippen molar-refractivity contribution < 1.29 is 0 Å². The first-order valence-corrected chi connectivity index (χ1v) is 23.4. The molecule has 7 aromatic rings. The van der Waals surface area contributed by atoms with E-state index in [2.05, 4.69) is 195 Å². The Morgan fingerprint density at radius 3 is 1.63 bits per heavy atom. The maximum absolute atomic E-state index is 2.53. The predicted molar refractivity (Wildman–Crippen MR) is 216 cm³/mol. The van der Waals surface area contributed by atoms with Crippen LogP contribution in [0.15, 0.2) is 164 Å². The minimum absolute atomic E-state index is 1.18. The number of rotatable bonds is 5. The van der Waals surface area contributed by atoms with E-state index in [4.69, 9.17) is 0 Å². The van der Waals surface area contributed by atoms with Gasteiger partial charge in [0.2, 0.25) is 0 Å². The van der Waals surface area contributed by atoms with Crippen LogP contribution in [0.25, 0.3) is 44.5 Å².